The molecule has 2 heterocycles. The number of allylic oxidation sites excluding steroid dienone is 1. The van der Waals surface area contributed by atoms with Gasteiger partial charge in [-0.2, -0.15) is 5.26 Å². The average Bonchev–Trinajstić information content (AvgIpc) is 2.53. The standard InChI is InChI=1S/C15H20N4O3/c1-4-12-8-18(5-6-22-12)14(20)9-19-15(21)13(7-16)10(2)11(3)17-19/h12,17H,3-6,8-9H2,1-2H3. The molecule has 7 heteroatoms. The first-order valence-electron chi connectivity index (χ1n) is 7.26. The number of amides is 2. The van der Waals surface area contributed by atoms with E-state index < -0.39 is 5.91 Å². The summed E-state index contributed by atoms with van der Waals surface area (Å²) in [5.41, 5.74) is 3.76. The van der Waals surface area contributed by atoms with Crippen molar-refractivity contribution in [2.24, 2.45) is 0 Å². The molecule has 0 aliphatic carbocycles. The summed E-state index contributed by atoms with van der Waals surface area (Å²) >= 11 is 0. The molecule has 2 aliphatic heterocycles. The number of morpholine rings is 1. The van der Waals surface area contributed by atoms with Gasteiger partial charge in [0.05, 0.1) is 18.4 Å². The van der Waals surface area contributed by atoms with Crippen LogP contribution in [-0.4, -0.2) is 54.1 Å². The average molecular weight is 304 g/mol. The second kappa shape index (κ2) is 6.62. The Balaban J connectivity index is 2.05. The smallest absolute Gasteiger partial charge is 0.283 e. The number of nitrogens with zero attached hydrogens (tertiary/aromatic N) is 3. The predicted molar refractivity (Wildman–Crippen MR) is 78.9 cm³/mol. The maximum absolute atomic E-state index is 12.4. The van der Waals surface area contributed by atoms with Crippen molar-refractivity contribution in [1.29, 1.82) is 5.26 Å². The van der Waals surface area contributed by atoms with E-state index in [1.807, 2.05) is 13.0 Å². The zero-order chi connectivity index (χ0) is 16.3. The van der Waals surface area contributed by atoms with Crippen LogP contribution in [0, 0.1) is 11.3 Å². The van der Waals surface area contributed by atoms with Crippen LogP contribution in [0.1, 0.15) is 20.3 Å². The van der Waals surface area contributed by atoms with Crippen LogP contribution in [0.3, 0.4) is 0 Å². The fourth-order valence-electron chi connectivity index (χ4n) is 2.41. The second-order valence-corrected chi connectivity index (χ2v) is 5.33. The van der Waals surface area contributed by atoms with Crippen LogP contribution in [0.2, 0.25) is 0 Å². The highest BCUT2D eigenvalue weighted by molar-refractivity contribution is 6.01. The molecule has 0 aromatic rings. The molecule has 118 valence electrons. The third-order valence-electron chi connectivity index (χ3n) is 3.91. The van der Waals surface area contributed by atoms with E-state index in [2.05, 4.69) is 12.0 Å². The minimum atomic E-state index is -0.499. The van der Waals surface area contributed by atoms with Crippen molar-refractivity contribution in [3.05, 3.63) is 23.4 Å². The first kappa shape index (κ1) is 16.0. The van der Waals surface area contributed by atoms with Crippen LogP contribution in [0.5, 0.6) is 0 Å². The lowest BCUT2D eigenvalue weighted by atomic mass is 10.1. The van der Waals surface area contributed by atoms with E-state index >= 15 is 0 Å². The SMILES string of the molecule is C=C1NN(CC(=O)N2CCOC(CC)C2)C(=O)C(C#N)=C1C. The molecule has 0 radical (unpaired) electrons. The first-order valence-corrected chi connectivity index (χ1v) is 7.26. The molecule has 1 saturated heterocycles. The summed E-state index contributed by atoms with van der Waals surface area (Å²) in [5, 5.41) is 10.2. The molecule has 0 bridgehead atoms. The lowest BCUT2D eigenvalue weighted by Gasteiger charge is -2.35. The highest BCUT2D eigenvalue weighted by Gasteiger charge is 2.31. The molecule has 0 spiro atoms. The summed E-state index contributed by atoms with van der Waals surface area (Å²) in [6.45, 7) is 8.83. The van der Waals surface area contributed by atoms with Gasteiger partial charge in [0.1, 0.15) is 18.2 Å². The Morgan fingerprint density at radius 2 is 2.32 bits per heavy atom. The van der Waals surface area contributed by atoms with Crippen molar-refractivity contribution >= 4 is 11.8 Å². The van der Waals surface area contributed by atoms with Crippen molar-refractivity contribution in [3.63, 3.8) is 0 Å². The summed E-state index contributed by atoms with van der Waals surface area (Å²) in [7, 11) is 0. The number of nitriles is 1. The molecule has 1 fully saturated rings. The lowest BCUT2D eigenvalue weighted by Crippen LogP contribution is -2.54. The molecule has 2 aliphatic rings. The summed E-state index contributed by atoms with van der Waals surface area (Å²) in [4.78, 5) is 26.2. The normalized spacial score (nSPS) is 22.5. The molecule has 7 nitrogen and oxygen atoms in total. The fraction of sp³-hybridized carbons (Fsp3) is 0.533. The topological polar surface area (TPSA) is 85.7 Å². The van der Waals surface area contributed by atoms with Gasteiger partial charge >= 0.3 is 0 Å². The van der Waals surface area contributed by atoms with Crippen molar-refractivity contribution < 1.29 is 14.3 Å². The van der Waals surface area contributed by atoms with Gasteiger partial charge in [-0.1, -0.05) is 13.5 Å². The van der Waals surface area contributed by atoms with Crippen molar-refractivity contribution in [2.75, 3.05) is 26.2 Å². The highest BCUT2D eigenvalue weighted by Crippen LogP contribution is 2.18. The second-order valence-electron chi connectivity index (χ2n) is 5.33. The molecule has 1 N–H and O–H groups in total. The van der Waals surface area contributed by atoms with Crippen LogP contribution < -0.4 is 5.43 Å². The van der Waals surface area contributed by atoms with Crippen molar-refractivity contribution in [3.8, 4) is 6.07 Å². The Morgan fingerprint density at radius 3 is 2.95 bits per heavy atom. The maximum atomic E-state index is 12.4. The molecule has 2 rings (SSSR count). The lowest BCUT2D eigenvalue weighted by molar-refractivity contribution is -0.145. The first-order chi connectivity index (χ1) is 10.5. The maximum Gasteiger partial charge on any atom is 0.283 e. The van der Waals surface area contributed by atoms with Crippen molar-refractivity contribution in [1.82, 2.24) is 15.3 Å². The molecule has 0 aromatic carbocycles. The number of hydrogen-bond donors (Lipinski definition) is 1. The van der Waals surface area contributed by atoms with Gasteiger partial charge in [-0.3, -0.25) is 15.0 Å². The predicted octanol–water partition coefficient (Wildman–Crippen LogP) is 0.324. The van der Waals surface area contributed by atoms with Gasteiger partial charge < -0.3 is 9.64 Å². The van der Waals surface area contributed by atoms with Crippen molar-refractivity contribution in [2.45, 2.75) is 26.4 Å². The summed E-state index contributed by atoms with van der Waals surface area (Å²) in [6, 6.07) is 1.88. The van der Waals surface area contributed by atoms with Gasteiger partial charge in [0.2, 0.25) is 5.91 Å². The van der Waals surface area contributed by atoms with Crippen LogP contribution in [0.25, 0.3) is 0 Å². The van der Waals surface area contributed by atoms with E-state index in [1.165, 1.54) is 0 Å². The largest absolute Gasteiger partial charge is 0.375 e. The van der Waals surface area contributed by atoms with Gasteiger partial charge in [-0.15, -0.1) is 0 Å². The van der Waals surface area contributed by atoms with Gasteiger partial charge in [0.15, 0.2) is 0 Å². The summed E-state index contributed by atoms with van der Waals surface area (Å²) in [6.07, 6.45) is 0.872. The summed E-state index contributed by atoms with van der Waals surface area (Å²) in [5.74, 6) is -0.673. The quantitative estimate of drug-likeness (QED) is 0.812. The van der Waals surface area contributed by atoms with Gasteiger partial charge in [-0.25, -0.2) is 5.01 Å². The minimum absolute atomic E-state index is 0.0185. The molecule has 1 atom stereocenters. The Labute approximate surface area is 129 Å². The fourth-order valence-corrected chi connectivity index (χ4v) is 2.41. The molecule has 1 unspecified atom stereocenters. The van der Waals surface area contributed by atoms with Crippen LogP contribution in [-0.2, 0) is 14.3 Å². The zero-order valence-corrected chi connectivity index (χ0v) is 12.9. The Kier molecular flexibility index (Phi) is 4.83. The third kappa shape index (κ3) is 3.12. The number of ether oxygens (including phenoxy) is 1. The van der Waals surface area contributed by atoms with E-state index in [0.29, 0.717) is 31.0 Å². The van der Waals surface area contributed by atoms with Gasteiger partial charge in [-0.05, 0) is 18.9 Å². The number of carbonyl (C=O) groups is 2. The Morgan fingerprint density at radius 1 is 1.59 bits per heavy atom. The zero-order valence-electron chi connectivity index (χ0n) is 12.9. The third-order valence-corrected chi connectivity index (χ3v) is 3.91. The van der Waals surface area contributed by atoms with Crippen LogP contribution in [0.15, 0.2) is 23.4 Å². The molecule has 0 aromatic heterocycles. The van der Waals surface area contributed by atoms with E-state index in [-0.39, 0.29) is 24.1 Å². The van der Waals surface area contributed by atoms with Gasteiger partial charge in [0.25, 0.3) is 5.91 Å². The molecular formula is C15H20N4O3. The summed E-state index contributed by atoms with van der Waals surface area (Å²) < 4.78 is 5.53. The van der Waals surface area contributed by atoms with Crippen LogP contribution in [0.4, 0.5) is 0 Å². The highest BCUT2D eigenvalue weighted by atomic mass is 16.5. The molecule has 2 amide bonds. The number of hydrazine groups is 1. The Bertz CT molecular complexity index is 576. The van der Waals surface area contributed by atoms with E-state index in [0.717, 1.165) is 11.4 Å². The monoisotopic (exact) mass is 304 g/mol. The van der Waals surface area contributed by atoms with E-state index in [1.54, 1.807) is 11.8 Å². The number of rotatable bonds is 3. The molecular weight excluding hydrogens is 284 g/mol. The number of nitrogens with one attached hydrogen (secondary N) is 1. The van der Waals surface area contributed by atoms with Gasteiger partial charge in [0, 0.05) is 13.1 Å². The molecule has 0 saturated carbocycles. The molecule has 22 heavy (non-hydrogen) atoms. The van der Waals surface area contributed by atoms with E-state index in [9.17, 15) is 9.59 Å². The number of carbonyl (C=O) groups excluding carboxylic acids is 2. The Hall–Kier alpha value is -2.33. The minimum Gasteiger partial charge on any atom is -0.375 e. The number of hydrogen-bond acceptors (Lipinski definition) is 5. The van der Waals surface area contributed by atoms with Crippen LogP contribution >= 0.6 is 0 Å². The van der Waals surface area contributed by atoms with E-state index in [4.69, 9.17) is 10.00 Å².